The summed E-state index contributed by atoms with van der Waals surface area (Å²) in [4.78, 5) is 45.4. The molecule has 3 amide bonds. The van der Waals surface area contributed by atoms with Crippen LogP contribution >= 0.6 is 0 Å². The summed E-state index contributed by atoms with van der Waals surface area (Å²) in [5.74, 6) is -0.103. The monoisotopic (exact) mass is 583 g/mol. The topological polar surface area (TPSA) is 120 Å². The lowest BCUT2D eigenvalue weighted by molar-refractivity contribution is -0.138. The Hall–Kier alpha value is -3.65. The quantitative estimate of drug-likeness (QED) is 0.324. The normalized spacial score (nSPS) is 21.0. The van der Waals surface area contributed by atoms with Crippen molar-refractivity contribution in [1.29, 1.82) is 0 Å². The van der Waals surface area contributed by atoms with Crippen LogP contribution in [0, 0.1) is 5.92 Å². The average molecular weight is 584 g/mol. The number of fused-ring (bicyclic) bond motifs is 3. The molecule has 3 aliphatic rings. The molecule has 1 aliphatic heterocycles. The molecule has 8 nitrogen and oxygen atoms in total. The third-order valence-corrected chi connectivity index (χ3v) is 10.1. The zero-order chi connectivity index (χ0) is 30.2. The number of carbonyl (C=O) groups excluding carboxylic acids is 3. The Balaban J connectivity index is 1.17. The van der Waals surface area contributed by atoms with E-state index < -0.39 is 11.6 Å². The van der Waals surface area contributed by atoms with E-state index in [0.29, 0.717) is 19.5 Å². The van der Waals surface area contributed by atoms with Crippen LogP contribution in [0.1, 0.15) is 87.9 Å². The number of aromatic nitrogens is 1. The minimum Gasteiger partial charge on any atom is -0.361 e. The predicted molar refractivity (Wildman–Crippen MR) is 168 cm³/mol. The standard InChI is InChI=1S/C35H45N5O3/c1-34(2,36)33(43)39-29(20-24-22-37-28-15-9-7-12-25(24)28)32(42)40-18-16-35(17-19-40)21-30(26-13-6-8-14-27(26)35)38-31(41)23-10-4-3-5-11-23/h6-9,12-15,22-23,29-30,37H,3-5,10-11,16-21,36H2,1-2H3,(H,38,41)(H,39,43)/t29?,30-/m1/s1. The number of rotatable bonds is 7. The molecule has 2 fully saturated rings. The van der Waals surface area contributed by atoms with Gasteiger partial charge in [-0.25, -0.2) is 0 Å². The summed E-state index contributed by atoms with van der Waals surface area (Å²) in [6, 6.07) is 15.8. The average Bonchev–Trinajstić information content (AvgIpc) is 3.55. The molecule has 0 bridgehead atoms. The van der Waals surface area contributed by atoms with Crippen LogP contribution < -0.4 is 16.4 Å². The van der Waals surface area contributed by atoms with Crippen LogP contribution in [-0.4, -0.2) is 52.3 Å². The van der Waals surface area contributed by atoms with Gasteiger partial charge in [0.25, 0.3) is 0 Å². The Morgan fingerprint density at radius 3 is 2.47 bits per heavy atom. The van der Waals surface area contributed by atoms with Crippen LogP contribution in [0.4, 0.5) is 0 Å². The van der Waals surface area contributed by atoms with Gasteiger partial charge in [-0.2, -0.15) is 0 Å². The second-order valence-electron chi connectivity index (χ2n) is 13.6. The summed E-state index contributed by atoms with van der Waals surface area (Å²) in [5, 5.41) is 7.44. The van der Waals surface area contributed by atoms with E-state index in [2.05, 4.69) is 39.9 Å². The summed E-state index contributed by atoms with van der Waals surface area (Å²) < 4.78 is 0. The van der Waals surface area contributed by atoms with Crippen molar-refractivity contribution >= 4 is 28.6 Å². The second-order valence-corrected chi connectivity index (χ2v) is 13.6. The van der Waals surface area contributed by atoms with Crippen molar-refractivity contribution in [2.24, 2.45) is 11.7 Å². The molecule has 228 valence electrons. The summed E-state index contributed by atoms with van der Waals surface area (Å²) in [5.41, 5.74) is 9.45. The highest BCUT2D eigenvalue weighted by Gasteiger charge is 2.47. The largest absolute Gasteiger partial charge is 0.361 e. The number of carbonyl (C=O) groups is 3. The first-order valence-corrected chi connectivity index (χ1v) is 16.0. The molecule has 2 aliphatic carbocycles. The van der Waals surface area contributed by atoms with Crippen LogP contribution in [0.15, 0.2) is 54.7 Å². The van der Waals surface area contributed by atoms with Gasteiger partial charge in [-0.05, 0) is 68.7 Å². The number of nitrogens with one attached hydrogen (secondary N) is 3. The maximum Gasteiger partial charge on any atom is 0.245 e. The molecular formula is C35H45N5O3. The molecule has 2 atom stereocenters. The molecule has 0 radical (unpaired) electrons. The Kier molecular flexibility index (Phi) is 8.07. The highest BCUT2D eigenvalue weighted by Crippen LogP contribution is 2.51. The number of para-hydroxylation sites is 1. The number of benzene rings is 2. The van der Waals surface area contributed by atoms with Gasteiger partial charge in [0, 0.05) is 47.9 Å². The van der Waals surface area contributed by atoms with E-state index >= 15 is 0 Å². The zero-order valence-corrected chi connectivity index (χ0v) is 25.5. The molecule has 2 aromatic carbocycles. The van der Waals surface area contributed by atoms with Crippen molar-refractivity contribution in [3.8, 4) is 0 Å². The van der Waals surface area contributed by atoms with Gasteiger partial charge < -0.3 is 26.3 Å². The van der Waals surface area contributed by atoms with Crippen LogP contribution in [0.25, 0.3) is 10.9 Å². The summed E-state index contributed by atoms with van der Waals surface area (Å²) >= 11 is 0. The van der Waals surface area contributed by atoms with E-state index in [1.165, 1.54) is 17.5 Å². The van der Waals surface area contributed by atoms with Gasteiger partial charge >= 0.3 is 0 Å². The maximum absolute atomic E-state index is 14.1. The first-order valence-electron chi connectivity index (χ1n) is 16.0. The number of nitrogens with two attached hydrogens (primary N) is 1. The Labute approximate surface area is 254 Å². The number of aromatic amines is 1. The van der Waals surface area contributed by atoms with Gasteiger partial charge in [-0.1, -0.05) is 61.7 Å². The molecule has 6 rings (SSSR count). The molecule has 5 N–H and O–H groups in total. The number of nitrogens with zero attached hydrogens (tertiary/aromatic N) is 1. The Morgan fingerprint density at radius 2 is 1.72 bits per heavy atom. The number of H-pyrrole nitrogens is 1. The van der Waals surface area contributed by atoms with E-state index in [0.717, 1.165) is 61.4 Å². The lowest BCUT2D eigenvalue weighted by Gasteiger charge is -2.41. The summed E-state index contributed by atoms with van der Waals surface area (Å²) in [7, 11) is 0. The van der Waals surface area contributed by atoms with E-state index in [1.807, 2.05) is 35.4 Å². The molecule has 3 aromatic rings. The van der Waals surface area contributed by atoms with Crippen LogP contribution in [0.2, 0.25) is 0 Å². The van der Waals surface area contributed by atoms with Gasteiger partial charge in [0.05, 0.1) is 11.6 Å². The second kappa shape index (κ2) is 11.8. The third kappa shape index (κ3) is 5.94. The van der Waals surface area contributed by atoms with Crippen LogP contribution in [-0.2, 0) is 26.2 Å². The van der Waals surface area contributed by atoms with Gasteiger partial charge in [-0.15, -0.1) is 0 Å². The third-order valence-electron chi connectivity index (χ3n) is 10.1. The molecule has 8 heteroatoms. The zero-order valence-electron chi connectivity index (χ0n) is 25.5. The highest BCUT2D eigenvalue weighted by atomic mass is 16.2. The van der Waals surface area contributed by atoms with Crippen molar-refractivity contribution in [3.05, 3.63) is 71.4 Å². The molecular weight excluding hydrogens is 538 g/mol. The highest BCUT2D eigenvalue weighted by molar-refractivity contribution is 5.92. The minimum absolute atomic E-state index is 0.00794. The molecule has 1 saturated heterocycles. The number of amides is 3. The van der Waals surface area contributed by atoms with Crippen molar-refractivity contribution < 1.29 is 14.4 Å². The predicted octanol–water partition coefficient (Wildman–Crippen LogP) is 4.63. The molecule has 1 spiro atoms. The fourth-order valence-electron chi connectivity index (χ4n) is 7.59. The van der Waals surface area contributed by atoms with E-state index in [9.17, 15) is 14.4 Å². The minimum atomic E-state index is -1.10. The fourth-order valence-corrected chi connectivity index (χ4v) is 7.59. The van der Waals surface area contributed by atoms with E-state index in [1.54, 1.807) is 13.8 Å². The van der Waals surface area contributed by atoms with Crippen molar-refractivity contribution in [3.63, 3.8) is 0 Å². The molecule has 2 heterocycles. The van der Waals surface area contributed by atoms with Gasteiger partial charge in [0.1, 0.15) is 6.04 Å². The summed E-state index contributed by atoms with van der Waals surface area (Å²) in [6.45, 7) is 4.51. The lowest BCUT2D eigenvalue weighted by Crippen LogP contribution is -2.58. The molecule has 43 heavy (non-hydrogen) atoms. The molecule has 1 unspecified atom stereocenters. The van der Waals surface area contributed by atoms with Crippen molar-refractivity contribution in [2.45, 2.75) is 94.7 Å². The number of likely N-dealkylation sites (tertiary alicyclic amines) is 1. The van der Waals surface area contributed by atoms with Gasteiger partial charge in [0.15, 0.2) is 0 Å². The lowest BCUT2D eigenvalue weighted by atomic mass is 9.73. The number of hydrogen-bond acceptors (Lipinski definition) is 4. The van der Waals surface area contributed by atoms with Crippen LogP contribution in [0.5, 0.6) is 0 Å². The Morgan fingerprint density at radius 1 is 1.02 bits per heavy atom. The SMILES string of the molecule is CC(C)(N)C(=O)NC(Cc1c[nH]c2ccccc12)C(=O)N1CCC2(CC1)C[C@@H](NC(=O)C1CCCCC1)c1ccccc12. The van der Waals surface area contributed by atoms with Crippen molar-refractivity contribution in [1.82, 2.24) is 20.5 Å². The van der Waals surface area contributed by atoms with E-state index in [-0.39, 0.29) is 35.1 Å². The van der Waals surface area contributed by atoms with E-state index in [4.69, 9.17) is 5.73 Å². The molecule has 1 aromatic heterocycles. The number of hydrogen-bond donors (Lipinski definition) is 4. The fraction of sp³-hybridized carbons (Fsp3) is 0.514. The Bertz CT molecular complexity index is 1490. The summed E-state index contributed by atoms with van der Waals surface area (Å²) in [6.07, 6.45) is 10.3. The van der Waals surface area contributed by atoms with Gasteiger partial charge in [-0.3, -0.25) is 14.4 Å². The van der Waals surface area contributed by atoms with Gasteiger partial charge in [0.2, 0.25) is 17.7 Å². The smallest absolute Gasteiger partial charge is 0.245 e. The van der Waals surface area contributed by atoms with Crippen molar-refractivity contribution in [2.75, 3.05) is 13.1 Å². The number of piperidine rings is 1. The maximum atomic E-state index is 14.1. The first kappa shape index (κ1) is 29.4. The first-order chi connectivity index (χ1) is 20.6. The molecule has 1 saturated carbocycles. The van der Waals surface area contributed by atoms with Crippen LogP contribution in [0.3, 0.4) is 0 Å².